The molecule has 0 spiro atoms. The van der Waals surface area contributed by atoms with Gasteiger partial charge in [-0.25, -0.2) is 18.4 Å². The van der Waals surface area contributed by atoms with Gasteiger partial charge in [0, 0.05) is 51.4 Å². The lowest BCUT2D eigenvalue weighted by atomic mass is 10.00. The van der Waals surface area contributed by atoms with E-state index in [1.807, 2.05) is 31.1 Å². The minimum atomic E-state index is -3.18. The van der Waals surface area contributed by atoms with E-state index in [1.165, 1.54) is 11.1 Å². The number of benzene rings is 1. The Morgan fingerprint density at radius 1 is 1.23 bits per heavy atom. The fourth-order valence-electron chi connectivity index (χ4n) is 4.02. The fourth-order valence-corrected chi connectivity index (χ4v) is 6.04. The molecule has 4 rings (SSSR count). The second-order valence-electron chi connectivity index (χ2n) is 7.55. The van der Waals surface area contributed by atoms with Crippen LogP contribution in [-0.2, 0) is 22.1 Å². The molecule has 0 amide bonds. The van der Waals surface area contributed by atoms with Crippen LogP contribution in [0, 0.1) is 6.92 Å². The summed E-state index contributed by atoms with van der Waals surface area (Å²) in [6, 6.07) is 8.28. The first-order valence-corrected chi connectivity index (χ1v) is 10.6. The summed E-state index contributed by atoms with van der Waals surface area (Å²) in [5.41, 5.74) is 4.16. The van der Waals surface area contributed by atoms with Crippen molar-refractivity contribution in [3.05, 3.63) is 52.8 Å². The molecular weight excluding hydrogens is 348 g/mol. The molecule has 26 heavy (non-hydrogen) atoms. The van der Waals surface area contributed by atoms with Crippen molar-refractivity contribution in [2.24, 2.45) is 0 Å². The molecule has 3 heterocycles. The highest BCUT2D eigenvalue weighted by molar-refractivity contribution is 7.91. The quantitative estimate of drug-likeness (QED) is 0.818. The Kier molecular flexibility index (Phi) is 4.23. The van der Waals surface area contributed by atoms with Gasteiger partial charge in [0.2, 0.25) is 5.95 Å². The third-order valence-corrected chi connectivity index (χ3v) is 7.57. The molecule has 2 aromatic rings. The Morgan fingerprint density at radius 3 is 2.73 bits per heavy atom. The van der Waals surface area contributed by atoms with Crippen molar-refractivity contribution in [3.8, 4) is 0 Å². The minimum absolute atomic E-state index is 0.0510. The molecule has 0 radical (unpaired) electrons. The average molecular weight is 372 g/mol. The summed E-state index contributed by atoms with van der Waals surface area (Å²) in [5, 5.41) is -0.371. The first-order valence-electron chi connectivity index (χ1n) is 8.87. The Morgan fingerprint density at radius 2 is 2.00 bits per heavy atom. The Balaban J connectivity index is 1.67. The van der Waals surface area contributed by atoms with E-state index >= 15 is 0 Å². The molecule has 1 aromatic heterocycles. The average Bonchev–Trinajstić information content (AvgIpc) is 3.01. The van der Waals surface area contributed by atoms with Crippen LogP contribution in [0.5, 0.6) is 0 Å². The predicted octanol–water partition coefficient (Wildman–Crippen LogP) is 1.75. The van der Waals surface area contributed by atoms with Crippen LogP contribution < -0.4 is 4.90 Å². The summed E-state index contributed by atoms with van der Waals surface area (Å²) in [4.78, 5) is 13.1. The molecular formula is C19H24N4O2S. The summed E-state index contributed by atoms with van der Waals surface area (Å²) in [6.07, 6.45) is 1.69. The molecule has 2 aliphatic heterocycles. The van der Waals surface area contributed by atoms with Gasteiger partial charge in [-0.15, -0.1) is 0 Å². The lowest BCUT2D eigenvalue weighted by Gasteiger charge is -2.27. The van der Waals surface area contributed by atoms with Gasteiger partial charge in [-0.05, 0) is 18.1 Å². The monoisotopic (exact) mass is 372 g/mol. The molecule has 2 atom stereocenters. The van der Waals surface area contributed by atoms with Crippen molar-refractivity contribution in [3.63, 3.8) is 0 Å². The largest absolute Gasteiger partial charge is 0.347 e. The lowest BCUT2D eigenvalue weighted by molar-refractivity contribution is 0.326. The molecule has 1 fully saturated rings. The van der Waals surface area contributed by atoms with Gasteiger partial charge in [0.1, 0.15) is 0 Å². The first kappa shape index (κ1) is 17.4. The van der Waals surface area contributed by atoms with E-state index in [9.17, 15) is 8.42 Å². The van der Waals surface area contributed by atoms with Gasteiger partial charge in [-0.1, -0.05) is 24.3 Å². The molecule has 2 aliphatic rings. The molecule has 7 heteroatoms. The number of fused-ring (bicyclic) bond motifs is 3. The van der Waals surface area contributed by atoms with Crippen molar-refractivity contribution in [2.75, 3.05) is 32.1 Å². The molecule has 0 bridgehead atoms. The van der Waals surface area contributed by atoms with Gasteiger partial charge in [0.05, 0.1) is 16.7 Å². The molecule has 6 nitrogen and oxygen atoms in total. The van der Waals surface area contributed by atoms with Crippen LogP contribution in [0.15, 0.2) is 30.5 Å². The highest BCUT2D eigenvalue weighted by atomic mass is 32.2. The third-order valence-electron chi connectivity index (χ3n) is 5.45. The van der Waals surface area contributed by atoms with Crippen LogP contribution in [-0.4, -0.2) is 55.7 Å². The minimum Gasteiger partial charge on any atom is -0.347 e. The van der Waals surface area contributed by atoms with Gasteiger partial charge in [-0.2, -0.15) is 0 Å². The number of aryl methyl sites for hydroxylation is 1. The van der Waals surface area contributed by atoms with Crippen LogP contribution in [0.3, 0.4) is 0 Å². The van der Waals surface area contributed by atoms with Gasteiger partial charge >= 0.3 is 0 Å². The smallest absolute Gasteiger partial charge is 0.225 e. The lowest BCUT2D eigenvalue weighted by Crippen LogP contribution is -2.35. The highest BCUT2D eigenvalue weighted by Crippen LogP contribution is 2.40. The van der Waals surface area contributed by atoms with Crippen LogP contribution >= 0.6 is 0 Å². The maximum absolute atomic E-state index is 12.8. The van der Waals surface area contributed by atoms with E-state index in [4.69, 9.17) is 4.98 Å². The van der Waals surface area contributed by atoms with Gasteiger partial charge < -0.3 is 4.90 Å². The van der Waals surface area contributed by atoms with Crippen molar-refractivity contribution in [2.45, 2.75) is 30.4 Å². The maximum Gasteiger partial charge on any atom is 0.225 e. The van der Waals surface area contributed by atoms with Gasteiger partial charge in [-0.3, -0.25) is 4.90 Å². The molecule has 138 valence electrons. The van der Waals surface area contributed by atoms with E-state index < -0.39 is 9.84 Å². The van der Waals surface area contributed by atoms with E-state index in [2.05, 4.69) is 28.9 Å². The number of sulfone groups is 1. The number of likely N-dealkylation sites (tertiary alicyclic amines) is 1. The van der Waals surface area contributed by atoms with E-state index in [0.717, 1.165) is 24.3 Å². The van der Waals surface area contributed by atoms with E-state index in [-0.39, 0.29) is 16.9 Å². The number of aromatic nitrogens is 2. The zero-order chi connectivity index (χ0) is 18.5. The number of rotatable bonds is 3. The molecule has 0 saturated carbocycles. The summed E-state index contributed by atoms with van der Waals surface area (Å²) in [5.74, 6) is 0.615. The first-order chi connectivity index (χ1) is 12.3. The topological polar surface area (TPSA) is 66.4 Å². The normalized spacial score (nSPS) is 24.1. The summed E-state index contributed by atoms with van der Waals surface area (Å²) in [6.45, 7) is 4.16. The fraction of sp³-hybridized carbons (Fsp3) is 0.474. The number of hydrogen-bond acceptors (Lipinski definition) is 6. The standard InChI is InChI=1S/C19H24N4O2S/c1-13-6-4-5-7-14(13)9-23-10-16-17(11-23)26(24,25)12-15-8-20-19(22(2)3)21-18(15)16/h4-8,16-17H,9-12H2,1-3H3/t16-,17+/m0/s1. The van der Waals surface area contributed by atoms with Crippen molar-refractivity contribution in [1.29, 1.82) is 0 Å². The van der Waals surface area contributed by atoms with Gasteiger partial charge in [0.15, 0.2) is 9.84 Å². The predicted molar refractivity (Wildman–Crippen MR) is 102 cm³/mol. The Bertz CT molecular complexity index is 942. The van der Waals surface area contributed by atoms with Crippen LogP contribution in [0.25, 0.3) is 0 Å². The van der Waals surface area contributed by atoms with E-state index in [1.54, 1.807) is 6.20 Å². The Hall–Kier alpha value is -1.99. The second kappa shape index (κ2) is 6.32. The zero-order valence-electron chi connectivity index (χ0n) is 15.4. The van der Waals surface area contributed by atoms with Crippen LogP contribution in [0.1, 0.15) is 28.3 Å². The molecule has 0 unspecified atom stereocenters. The summed E-state index contributed by atoms with van der Waals surface area (Å²) in [7, 11) is 0.624. The molecule has 0 N–H and O–H groups in total. The highest BCUT2D eigenvalue weighted by Gasteiger charge is 2.47. The second-order valence-corrected chi connectivity index (χ2v) is 9.77. The SMILES string of the molecule is Cc1ccccc1CN1C[C@@H]2c3nc(N(C)C)ncc3CS(=O)(=O)[C@@H]2C1. The van der Waals surface area contributed by atoms with Crippen molar-refractivity contribution < 1.29 is 8.42 Å². The van der Waals surface area contributed by atoms with Gasteiger partial charge in [0.25, 0.3) is 0 Å². The maximum atomic E-state index is 12.8. The Labute approximate surface area is 154 Å². The number of hydrogen-bond donors (Lipinski definition) is 0. The summed E-state index contributed by atoms with van der Waals surface area (Å²) >= 11 is 0. The van der Waals surface area contributed by atoms with Crippen LogP contribution in [0.4, 0.5) is 5.95 Å². The van der Waals surface area contributed by atoms with Crippen molar-refractivity contribution in [1.82, 2.24) is 14.9 Å². The van der Waals surface area contributed by atoms with E-state index in [0.29, 0.717) is 12.5 Å². The number of anilines is 1. The van der Waals surface area contributed by atoms with Crippen molar-refractivity contribution >= 4 is 15.8 Å². The molecule has 1 aromatic carbocycles. The molecule has 1 saturated heterocycles. The number of nitrogens with zero attached hydrogens (tertiary/aromatic N) is 4. The zero-order valence-corrected chi connectivity index (χ0v) is 16.2. The third kappa shape index (κ3) is 2.99. The molecule has 0 aliphatic carbocycles. The van der Waals surface area contributed by atoms with Crippen LogP contribution in [0.2, 0.25) is 0 Å². The summed E-state index contributed by atoms with van der Waals surface area (Å²) < 4.78 is 25.6.